The predicted molar refractivity (Wildman–Crippen MR) is 45.5 cm³/mol. The van der Waals surface area contributed by atoms with E-state index in [0.29, 0.717) is 0 Å². The van der Waals surface area contributed by atoms with Crippen LogP contribution in [0.25, 0.3) is 0 Å². The Bertz CT molecular complexity index is 222. The van der Waals surface area contributed by atoms with Crippen LogP contribution in [-0.4, -0.2) is 16.5 Å². The van der Waals surface area contributed by atoms with E-state index in [1.807, 2.05) is 13.0 Å². The average molecular weight is 151 g/mol. The molecular formula is C8H13N3. The Morgan fingerprint density at radius 1 is 1.45 bits per heavy atom. The minimum atomic E-state index is 0.916. The van der Waals surface area contributed by atoms with Gasteiger partial charge < -0.3 is 5.32 Å². The Labute approximate surface area is 66.9 Å². The molecule has 1 heterocycles. The highest BCUT2D eigenvalue weighted by atomic mass is 15.0. The summed E-state index contributed by atoms with van der Waals surface area (Å²) in [5.41, 5.74) is 0.999. The van der Waals surface area contributed by atoms with E-state index in [-0.39, 0.29) is 0 Å². The van der Waals surface area contributed by atoms with Gasteiger partial charge in [0.15, 0.2) is 0 Å². The SMILES string of the molecule is CCCNc1cc(C)ncn1. The van der Waals surface area contributed by atoms with Gasteiger partial charge in [-0.1, -0.05) is 6.92 Å². The van der Waals surface area contributed by atoms with Crippen molar-refractivity contribution in [2.24, 2.45) is 0 Å². The molecule has 1 aromatic heterocycles. The molecule has 0 spiro atoms. The molecule has 60 valence electrons. The molecule has 1 rings (SSSR count). The number of hydrogen-bond acceptors (Lipinski definition) is 3. The van der Waals surface area contributed by atoms with Gasteiger partial charge in [-0.05, 0) is 13.3 Å². The molecule has 0 bridgehead atoms. The van der Waals surface area contributed by atoms with E-state index in [0.717, 1.165) is 24.5 Å². The molecule has 0 aromatic carbocycles. The lowest BCUT2D eigenvalue weighted by molar-refractivity contribution is 0.961. The van der Waals surface area contributed by atoms with Crippen LogP contribution in [0, 0.1) is 6.92 Å². The Morgan fingerprint density at radius 2 is 2.27 bits per heavy atom. The maximum atomic E-state index is 4.05. The average Bonchev–Trinajstić information content (AvgIpc) is 2.01. The van der Waals surface area contributed by atoms with Crippen molar-refractivity contribution < 1.29 is 0 Å². The largest absolute Gasteiger partial charge is 0.370 e. The second kappa shape index (κ2) is 3.91. The van der Waals surface area contributed by atoms with E-state index in [4.69, 9.17) is 0 Å². The fourth-order valence-electron chi connectivity index (χ4n) is 0.804. The molecule has 0 amide bonds. The number of hydrogen-bond donors (Lipinski definition) is 1. The van der Waals surface area contributed by atoms with Crippen LogP contribution in [0.2, 0.25) is 0 Å². The summed E-state index contributed by atoms with van der Waals surface area (Å²) in [5, 5.41) is 3.18. The summed E-state index contributed by atoms with van der Waals surface area (Å²) < 4.78 is 0. The van der Waals surface area contributed by atoms with Crippen LogP contribution < -0.4 is 5.32 Å². The van der Waals surface area contributed by atoms with Gasteiger partial charge in [-0.25, -0.2) is 9.97 Å². The smallest absolute Gasteiger partial charge is 0.129 e. The van der Waals surface area contributed by atoms with E-state index in [2.05, 4.69) is 22.2 Å². The van der Waals surface area contributed by atoms with Crippen LogP contribution in [-0.2, 0) is 0 Å². The first-order chi connectivity index (χ1) is 5.33. The van der Waals surface area contributed by atoms with Crippen LogP contribution in [0.4, 0.5) is 5.82 Å². The molecule has 3 heteroatoms. The highest BCUT2D eigenvalue weighted by Crippen LogP contribution is 2.01. The van der Waals surface area contributed by atoms with Crippen molar-refractivity contribution in [2.75, 3.05) is 11.9 Å². The van der Waals surface area contributed by atoms with E-state index in [1.165, 1.54) is 0 Å². The van der Waals surface area contributed by atoms with E-state index < -0.39 is 0 Å². The third-order valence-electron chi connectivity index (χ3n) is 1.36. The summed E-state index contributed by atoms with van der Waals surface area (Å²) in [5.74, 6) is 0.916. The summed E-state index contributed by atoms with van der Waals surface area (Å²) in [6, 6.07) is 1.94. The number of aryl methyl sites for hydroxylation is 1. The zero-order valence-electron chi connectivity index (χ0n) is 6.96. The Hall–Kier alpha value is -1.12. The van der Waals surface area contributed by atoms with Crippen LogP contribution in [0.5, 0.6) is 0 Å². The van der Waals surface area contributed by atoms with Crippen LogP contribution in [0.3, 0.4) is 0 Å². The van der Waals surface area contributed by atoms with Gasteiger partial charge >= 0.3 is 0 Å². The summed E-state index contributed by atoms with van der Waals surface area (Å²) in [7, 11) is 0. The number of aromatic nitrogens is 2. The summed E-state index contributed by atoms with van der Waals surface area (Å²) in [6.45, 7) is 5.05. The predicted octanol–water partition coefficient (Wildman–Crippen LogP) is 1.61. The lowest BCUT2D eigenvalue weighted by atomic mass is 10.4. The number of anilines is 1. The van der Waals surface area contributed by atoms with E-state index in [1.54, 1.807) is 6.33 Å². The van der Waals surface area contributed by atoms with Gasteiger partial charge in [0, 0.05) is 18.3 Å². The zero-order valence-corrected chi connectivity index (χ0v) is 6.96. The van der Waals surface area contributed by atoms with Crippen molar-refractivity contribution in [3.05, 3.63) is 18.1 Å². The highest BCUT2D eigenvalue weighted by Gasteiger charge is 1.91. The van der Waals surface area contributed by atoms with E-state index in [9.17, 15) is 0 Å². The van der Waals surface area contributed by atoms with Crippen molar-refractivity contribution >= 4 is 5.82 Å². The summed E-state index contributed by atoms with van der Waals surface area (Å²) >= 11 is 0. The van der Waals surface area contributed by atoms with E-state index >= 15 is 0 Å². The number of rotatable bonds is 3. The Morgan fingerprint density at radius 3 is 2.91 bits per heavy atom. The molecule has 0 aliphatic carbocycles. The Balaban J connectivity index is 2.56. The number of nitrogens with zero attached hydrogens (tertiary/aromatic N) is 2. The van der Waals surface area contributed by atoms with Crippen LogP contribution in [0.15, 0.2) is 12.4 Å². The number of nitrogens with one attached hydrogen (secondary N) is 1. The van der Waals surface area contributed by atoms with Crippen molar-refractivity contribution in [2.45, 2.75) is 20.3 Å². The van der Waals surface area contributed by atoms with Gasteiger partial charge in [-0.2, -0.15) is 0 Å². The quantitative estimate of drug-likeness (QED) is 0.713. The molecule has 0 unspecified atom stereocenters. The lowest BCUT2D eigenvalue weighted by Gasteiger charge is -2.02. The maximum absolute atomic E-state index is 4.05. The zero-order chi connectivity index (χ0) is 8.10. The molecule has 0 saturated carbocycles. The van der Waals surface area contributed by atoms with Crippen molar-refractivity contribution in [1.82, 2.24) is 9.97 Å². The minimum absolute atomic E-state index is 0.916. The fraction of sp³-hybridized carbons (Fsp3) is 0.500. The highest BCUT2D eigenvalue weighted by molar-refractivity contribution is 5.33. The molecule has 0 saturated heterocycles. The summed E-state index contributed by atoms with van der Waals surface area (Å²) in [6.07, 6.45) is 2.69. The molecule has 1 N–H and O–H groups in total. The first-order valence-electron chi connectivity index (χ1n) is 3.85. The molecular weight excluding hydrogens is 138 g/mol. The molecule has 0 fully saturated rings. The fourth-order valence-corrected chi connectivity index (χ4v) is 0.804. The maximum Gasteiger partial charge on any atom is 0.129 e. The monoisotopic (exact) mass is 151 g/mol. The standard InChI is InChI=1S/C8H13N3/c1-3-4-9-8-5-7(2)10-6-11-8/h5-6H,3-4H2,1-2H3,(H,9,10,11). The molecule has 0 aliphatic rings. The van der Waals surface area contributed by atoms with Gasteiger partial charge in [0.2, 0.25) is 0 Å². The van der Waals surface area contributed by atoms with Crippen LogP contribution >= 0.6 is 0 Å². The van der Waals surface area contributed by atoms with Gasteiger partial charge in [0.1, 0.15) is 12.1 Å². The lowest BCUT2D eigenvalue weighted by Crippen LogP contribution is -2.02. The topological polar surface area (TPSA) is 37.8 Å². The molecule has 0 radical (unpaired) electrons. The van der Waals surface area contributed by atoms with Gasteiger partial charge in [0.25, 0.3) is 0 Å². The van der Waals surface area contributed by atoms with Crippen molar-refractivity contribution in [1.29, 1.82) is 0 Å². The molecule has 1 aromatic rings. The second-order valence-electron chi connectivity index (χ2n) is 2.47. The molecule has 11 heavy (non-hydrogen) atoms. The van der Waals surface area contributed by atoms with Gasteiger partial charge in [0.05, 0.1) is 0 Å². The first kappa shape index (κ1) is 7.98. The minimum Gasteiger partial charge on any atom is -0.370 e. The van der Waals surface area contributed by atoms with Crippen molar-refractivity contribution in [3.63, 3.8) is 0 Å². The Kier molecular flexibility index (Phi) is 2.83. The summed E-state index contributed by atoms with van der Waals surface area (Å²) in [4.78, 5) is 8.05. The third-order valence-corrected chi connectivity index (χ3v) is 1.36. The third kappa shape index (κ3) is 2.53. The van der Waals surface area contributed by atoms with Gasteiger partial charge in [-0.3, -0.25) is 0 Å². The van der Waals surface area contributed by atoms with Gasteiger partial charge in [-0.15, -0.1) is 0 Å². The first-order valence-corrected chi connectivity index (χ1v) is 3.85. The normalized spacial score (nSPS) is 9.64. The molecule has 3 nitrogen and oxygen atoms in total. The molecule has 0 atom stereocenters. The molecule has 0 aliphatic heterocycles. The second-order valence-corrected chi connectivity index (χ2v) is 2.47. The van der Waals surface area contributed by atoms with Crippen molar-refractivity contribution in [3.8, 4) is 0 Å². The van der Waals surface area contributed by atoms with Crippen LogP contribution in [0.1, 0.15) is 19.0 Å².